The Hall–Kier alpha value is -0.510. The van der Waals surface area contributed by atoms with Crippen molar-refractivity contribution in [2.75, 3.05) is 5.75 Å². The number of hydrogen-bond acceptors (Lipinski definition) is 4. The normalized spacial score (nSPS) is 17.0. The van der Waals surface area contributed by atoms with Crippen LogP contribution in [-0.2, 0) is 14.3 Å². The number of rotatable bonds is 18. The number of ether oxygens (including phenoxy) is 1. The lowest BCUT2D eigenvalue weighted by Gasteiger charge is -2.05. The summed E-state index contributed by atoms with van der Waals surface area (Å²) in [5.74, 6) is 0.266. The summed E-state index contributed by atoms with van der Waals surface area (Å²) in [6, 6.07) is 0. The number of cyclic esters (lactones) is 2. The molecule has 0 aromatic rings. The Morgan fingerprint density at radius 1 is 0.731 bits per heavy atom. The first kappa shape index (κ1) is 23.5. The van der Waals surface area contributed by atoms with Gasteiger partial charge in [-0.05, 0) is 12.2 Å². The van der Waals surface area contributed by atoms with Gasteiger partial charge in [-0.15, -0.1) is 11.8 Å². The van der Waals surface area contributed by atoms with Gasteiger partial charge >= 0.3 is 11.9 Å². The lowest BCUT2D eigenvalue weighted by Crippen LogP contribution is -2.10. The average Bonchev–Trinajstić information content (AvgIpc) is 2.95. The predicted molar refractivity (Wildman–Crippen MR) is 112 cm³/mol. The van der Waals surface area contributed by atoms with Gasteiger partial charge in [-0.1, -0.05) is 103 Å². The van der Waals surface area contributed by atoms with Crippen molar-refractivity contribution in [1.29, 1.82) is 0 Å². The molecule has 1 saturated heterocycles. The lowest BCUT2D eigenvalue weighted by atomic mass is 10.0. The van der Waals surface area contributed by atoms with Gasteiger partial charge < -0.3 is 4.74 Å². The minimum Gasteiger partial charge on any atom is -0.392 e. The van der Waals surface area contributed by atoms with Crippen LogP contribution < -0.4 is 0 Å². The third-order valence-electron chi connectivity index (χ3n) is 5.15. The second-order valence-electron chi connectivity index (χ2n) is 7.66. The van der Waals surface area contributed by atoms with E-state index >= 15 is 0 Å². The Labute approximate surface area is 165 Å². The third kappa shape index (κ3) is 12.8. The molecule has 3 nitrogen and oxygen atoms in total. The van der Waals surface area contributed by atoms with E-state index in [9.17, 15) is 9.59 Å². The van der Waals surface area contributed by atoms with Crippen molar-refractivity contribution < 1.29 is 14.3 Å². The molecule has 0 radical (unpaired) electrons. The molecular weight excluding hydrogens is 344 g/mol. The van der Waals surface area contributed by atoms with Crippen LogP contribution in [0.25, 0.3) is 0 Å². The number of esters is 2. The highest BCUT2D eigenvalue weighted by Crippen LogP contribution is 2.24. The van der Waals surface area contributed by atoms with Gasteiger partial charge in [-0.2, -0.15) is 0 Å². The maximum Gasteiger partial charge on any atom is 0.327 e. The van der Waals surface area contributed by atoms with Crippen LogP contribution in [0.4, 0.5) is 0 Å². The molecule has 0 N–H and O–H groups in total. The fourth-order valence-electron chi connectivity index (χ4n) is 3.46. The van der Waals surface area contributed by atoms with Crippen molar-refractivity contribution in [2.45, 2.75) is 121 Å². The Kier molecular flexibility index (Phi) is 15.1. The summed E-state index contributed by atoms with van der Waals surface area (Å²) in [7, 11) is 0. The van der Waals surface area contributed by atoms with E-state index in [2.05, 4.69) is 11.7 Å². The number of thioether (sulfide) groups is 1. The number of carbonyl (C=O) groups excluding carboxylic acids is 2. The summed E-state index contributed by atoms with van der Waals surface area (Å²) in [6.07, 6.45) is 22.2. The maximum atomic E-state index is 11.3. The molecular formula is C22H40O3S. The quantitative estimate of drug-likeness (QED) is 0.148. The van der Waals surface area contributed by atoms with Crippen molar-refractivity contribution in [3.63, 3.8) is 0 Å². The Bertz CT molecular complexity index is 370. The molecule has 152 valence electrons. The Balaban J connectivity index is 1.71. The van der Waals surface area contributed by atoms with Crippen molar-refractivity contribution in [3.8, 4) is 0 Å². The van der Waals surface area contributed by atoms with Crippen LogP contribution in [0.5, 0.6) is 0 Å². The van der Waals surface area contributed by atoms with Crippen molar-refractivity contribution >= 4 is 23.7 Å². The SMILES string of the molecule is CCCCCCCCCCCCCCCCCCSC1CC(=O)OC1=O. The standard InChI is InChI=1S/C22H40O3S/c1-2-3-4-5-6-7-8-9-10-11-12-13-14-15-16-17-18-26-20-19-21(23)25-22(20)24/h20H,2-19H2,1H3. The highest BCUT2D eigenvalue weighted by atomic mass is 32.2. The first-order valence-corrected chi connectivity index (χ1v) is 12.1. The zero-order valence-electron chi connectivity index (χ0n) is 16.9. The van der Waals surface area contributed by atoms with Crippen molar-refractivity contribution in [1.82, 2.24) is 0 Å². The molecule has 0 amide bonds. The first-order chi connectivity index (χ1) is 12.7. The summed E-state index contributed by atoms with van der Waals surface area (Å²) >= 11 is 1.59. The van der Waals surface area contributed by atoms with Gasteiger partial charge in [0, 0.05) is 0 Å². The minimum atomic E-state index is -0.362. The summed E-state index contributed by atoms with van der Waals surface area (Å²) < 4.78 is 4.56. The molecule has 0 saturated carbocycles. The van der Waals surface area contributed by atoms with Crippen LogP contribution in [0.3, 0.4) is 0 Å². The van der Waals surface area contributed by atoms with Gasteiger partial charge in [0.1, 0.15) is 5.25 Å². The Morgan fingerprint density at radius 2 is 1.15 bits per heavy atom. The van der Waals surface area contributed by atoms with Crippen LogP contribution in [0.1, 0.15) is 116 Å². The monoisotopic (exact) mass is 384 g/mol. The molecule has 1 fully saturated rings. The van der Waals surface area contributed by atoms with E-state index in [4.69, 9.17) is 0 Å². The largest absolute Gasteiger partial charge is 0.392 e. The summed E-state index contributed by atoms with van der Waals surface area (Å²) in [6.45, 7) is 2.28. The lowest BCUT2D eigenvalue weighted by molar-refractivity contribution is -0.151. The predicted octanol–water partition coefficient (Wildman–Crippen LogP) is 6.82. The summed E-state index contributed by atoms with van der Waals surface area (Å²) in [5.41, 5.74) is 0. The van der Waals surface area contributed by atoms with Crippen LogP contribution >= 0.6 is 11.8 Å². The molecule has 4 heteroatoms. The molecule has 1 rings (SSSR count). The molecule has 26 heavy (non-hydrogen) atoms. The summed E-state index contributed by atoms with van der Waals surface area (Å²) in [4.78, 5) is 22.3. The average molecular weight is 385 g/mol. The Morgan fingerprint density at radius 3 is 1.54 bits per heavy atom. The van der Waals surface area contributed by atoms with Gasteiger partial charge in [0.15, 0.2) is 0 Å². The van der Waals surface area contributed by atoms with Crippen LogP contribution in [0, 0.1) is 0 Å². The van der Waals surface area contributed by atoms with E-state index in [0.717, 1.165) is 12.2 Å². The van der Waals surface area contributed by atoms with Gasteiger partial charge in [0.05, 0.1) is 6.42 Å². The fourth-order valence-corrected chi connectivity index (χ4v) is 4.55. The number of carbonyl (C=O) groups is 2. The van der Waals surface area contributed by atoms with Crippen LogP contribution in [0.2, 0.25) is 0 Å². The molecule has 1 unspecified atom stereocenters. The van der Waals surface area contributed by atoms with E-state index in [1.807, 2.05) is 0 Å². The van der Waals surface area contributed by atoms with Gasteiger partial charge in [0.25, 0.3) is 0 Å². The van der Waals surface area contributed by atoms with Crippen LogP contribution in [0.15, 0.2) is 0 Å². The van der Waals surface area contributed by atoms with E-state index in [1.165, 1.54) is 96.3 Å². The van der Waals surface area contributed by atoms with Crippen LogP contribution in [-0.4, -0.2) is 22.9 Å². The number of unbranched alkanes of at least 4 members (excludes halogenated alkanes) is 15. The van der Waals surface area contributed by atoms with Crippen molar-refractivity contribution in [2.24, 2.45) is 0 Å². The second-order valence-corrected chi connectivity index (χ2v) is 8.97. The minimum absolute atomic E-state index is 0.237. The van der Waals surface area contributed by atoms with Gasteiger partial charge in [-0.3, -0.25) is 9.59 Å². The van der Waals surface area contributed by atoms with Gasteiger partial charge in [-0.25, -0.2) is 0 Å². The van der Waals surface area contributed by atoms with E-state index in [0.29, 0.717) is 0 Å². The molecule has 1 aliphatic heterocycles. The topological polar surface area (TPSA) is 43.4 Å². The highest BCUT2D eigenvalue weighted by molar-refractivity contribution is 8.00. The van der Waals surface area contributed by atoms with Crippen molar-refractivity contribution in [3.05, 3.63) is 0 Å². The molecule has 0 aromatic carbocycles. The van der Waals surface area contributed by atoms with E-state index in [1.54, 1.807) is 11.8 Å². The molecule has 0 aromatic heterocycles. The zero-order valence-corrected chi connectivity index (χ0v) is 17.8. The van der Waals surface area contributed by atoms with E-state index in [-0.39, 0.29) is 23.6 Å². The molecule has 0 bridgehead atoms. The van der Waals surface area contributed by atoms with E-state index < -0.39 is 0 Å². The summed E-state index contributed by atoms with van der Waals surface area (Å²) in [5, 5.41) is -0.237. The molecule has 0 spiro atoms. The molecule has 1 atom stereocenters. The fraction of sp³-hybridized carbons (Fsp3) is 0.909. The van der Waals surface area contributed by atoms with Gasteiger partial charge in [0.2, 0.25) is 0 Å². The highest BCUT2D eigenvalue weighted by Gasteiger charge is 2.33. The second kappa shape index (κ2) is 16.6. The zero-order chi connectivity index (χ0) is 18.9. The smallest absolute Gasteiger partial charge is 0.327 e. The number of hydrogen-bond donors (Lipinski definition) is 0. The molecule has 0 aliphatic carbocycles. The maximum absolute atomic E-state index is 11.3. The molecule has 1 aliphatic rings. The molecule has 1 heterocycles. The first-order valence-electron chi connectivity index (χ1n) is 11.1. The third-order valence-corrected chi connectivity index (χ3v) is 6.43.